The minimum absolute atomic E-state index is 0.154. The number of nitro groups is 1. The Kier molecular flexibility index (Phi) is 4.95. The fraction of sp³-hybridized carbons (Fsp3) is 0.600. The number of anilines is 1. The summed E-state index contributed by atoms with van der Waals surface area (Å²) in [5.74, 6) is 0.489. The van der Waals surface area contributed by atoms with Gasteiger partial charge in [-0.15, -0.1) is 0 Å². The van der Waals surface area contributed by atoms with Crippen LogP contribution >= 0.6 is 0 Å². The Balaban J connectivity index is 2.26. The van der Waals surface area contributed by atoms with Crippen LogP contribution in [0, 0.1) is 16.0 Å². The first-order valence-corrected chi connectivity index (χ1v) is 7.38. The van der Waals surface area contributed by atoms with E-state index in [9.17, 15) is 10.1 Å². The smallest absolute Gasteiger partial charge is 0.271 e. The van der Waals surface area contributed by atoms with Crippen LogP contribution in [0.25, 0.3) is 0 Å². The van der Waals surface area contributed by atoms with E-state index in [1.165, 1.54) is 12.8 Å². The molecule has 1 aromatic rings. The molecule has 0 saturated heterocycles. The summed E-state index contributed by atoms with van der Waals surface area (Å²) in [6, 6.07) is 7.33. The van der Waals surface area contributed by atoms with Crippen molar-refractivity contribution in [3.05, 3.63) is 34.4 Å². The second kappa shape index (κ2) is 6.70. The third kappa shape index (κ3) is 3.10. The Hall–Kier alpha value is -1.62. The molecule has 2 unspecified atom stereocenters. The highest BCUT2D eigenvalue weighted by Crippen LogP contribution is 2.32. The summed E-state index contributed by atoms with van der Waals surface area (Å²) < 4.78 is 0. The van der Waals surface area contributed by atoms with Gasteiger partial charge in [0, 0.05) is 30.4 Å². The zero-order valence-electron chi connectivity index (χ0n) is 12.0. The summed E-state index contributed by atoms with van der Waals surface area (Å²) >= 11 is 0. The maximum atomic E-state index is 10.9. The lowest BCUT2D eigenvalue weighted by molar-refractivity contribution is -0.384. The van der Waals surface area contributed by atoms with Crippen molar-refractivity contribution in [2.24, 2.45) is 11.7 Å². The first-order chi connectivity index (χ1) is 9.67. The van der Waals surface area contributed by atoms with Crippen molar-refractivity contribution in [3.8, 4) is 0 Å². The molecule has 0 heterocycles. The van der Waals surface area contributed by atoms with Crippen molar-refractivity contribution in [2.45, 2.75) is 38.6 Å². The van der Waals surface area contributed by atoms with Gasteiger partial charge in [-0.2, -0.15) is 0 Å². The van der Waals surface area contributed by atoms with E-state index in [-0.39, 0.29) is 10.6 Å². The minimum Gasteiger partial charge on any atom is -0.368 e. The summed E-state index contributed by atoms with van der Waals surface area (Å²) in [6.07, 6.45) is 4.74. The van der Waals surface area contributed by atoms with Crippen LogP contribution in [0.15, 0.2) is 24.3 Å². The fourth-order valence-electron chi connectivity index (χ4n) is 3.27. The largest absolute Gasteiger partial charge is 0.368 e. The molecule has 110 valence electrons. The molecule has 5 nitrogen and oxygen atoms in total. The van der Waals surface area contributed by atoms with E-state index >= 15 is 0 Å². The van der Waals surface area contributed by atoms with Crippen LogP contribution in [0.2, 0.25) is 0 Å². The predicted molar refractivity (Wildman–Crippen MR) is 80.9 cm³/mol. The number of non-ortho nitro benzene ring substituents is 1. The second-order valence-electron chi connectivity index (χ2n) is 5.41. The number of hydrogen-bond acceptors (Lipinski definition) is 4. The first-order valence-electron chi connectivity index (χ1n) is 7.38. The Morgan fingerprint density at radius 3 is 2.80 bits per heavy atom. The molecule has 0 aromatic heterocycles. The zero-order valence-corrected chi connectivity index (χ0v) is 12.0. The van der Waals surface area contributed by atoms with Crippen molar-refractivity contribution >= 4 is 11.4 Å². The maximum absolute atomic E-state index is 10.9. The van der Waals surface area contributed by atoms with Gasteiger partial charge in [-0.05, 0) is 38.3 Å². The normalized spacial score (nSPS) is 22.5. The summed E-state index contributed by atoms with van der Waals surface area (Å²) in [7, 11) is 0. The molecular formula is C15H23N3O2. The van der Waals surface area contributed by atoms with E-state index in [1.54, 1.807) is 18.2 Å². The Morgan fingerprint density at radius 1 is 1.40 bits per heavy atom. The first kappa shape index (κ1) is 14.8. The molecule has 1 aliphatic rings. The van der Waals surface area contributed by atoms with E-state index in [0.717, 1.165) is 25.1 Å². The Bertz CT molecular complexity index is 464. The number of benzene rings is 1. The molecule has 5 heteroatoms. The molecule has 0 spiro atoms. The van der Waals surface area contributed by atoms with Crippen LogP contribution in [0.3, 0.4) is 0 Å². The zero-order chi connectivity index (χ0) is 14.5. The quantitative estimate of drug-likeness (QED) is 0.663. The van der Waals surface area contributed by atoms with Crippen molar-refractivity contribution in [2.75, 3.05) is 18.0 Å². The van der Waals surface area contributed by atoms with Crippen molar-refractivity contribution in [1.82, 2.24) is 0 Å². The number of rotatable bonds is 5. The van der Waals surface area contributed by atoms with Crippen LogP contribution in [0.5, 0.6) is 0 Å². The van der Waals surface area contributed by atoms with Gasteiger partial charge in [0.15, 0.2) is 0 Å². The van der Waals surface area contributed by atoms with Gasteiger partial charge in [0.25, 0.3) is 5.69 Å². The monoisotopic (exact) mass is 277 g/mol. The van der Waals surface area contributed by atoms with Gasteiger partial charge in [-0.1, -0.05) is 18.9 Å². The topological polar surface area (TPSA) is 72.4 Å². The van der Waals surface area contributed by atoms with Crippen LogP contribution in [-0.4, -0.2) is 24.1 Å². The van der Waals surface area contributed by atoms with E-state index in [2.05, 4.69) is 11.8 Å². The number of hydrogen-bond donors (Lipinski definition) is 1. The second-order valence-corrected chi connectivity index (χ2v) is 5.41. The third-order valence-corrected chi connectivity index (χ3v) is 4.28. The molecule has 0 bridgehead atoms. The SMILES string of the molecule is CCN(c1cccc([N+](=O)[O-])c1)C1CCCCC1CN. The van der Waals surface area contributed by atoms with Crippen LogP contribution in [0.4, 0.5) is 11.4 Å². The highest BCUT2D eigenvalue weighted by molar-refractivity contribution is 5.54. The molecule has 0 radical (unpaired) electrons. The standard InChI is InChI=1S/C15H23N3O2/c1-2-17(15-9-4-3-6-12(15)11-16)13-7-5-8-14(10-13)18(19)20/h5,7-8,10,12,15H,2-4,6,9,11,16H2,1H3. The molecule has 1 saturated carbocycles. The molecule has 0 amide bonds. The Morgan fingerprint density at radius 2 is 2.15 bits per heavy atom. The molecular weight excluding hydrogens is 254 g/mol. The average molecular weight is 277 g/mol. The summed E-state index contributed by atoms with van der Waals surface area (Å²) in [4.78, 5) is 12.9. The summed E-state index contributed by atoms with van der Waals surface area (Å²) in [5.41, 5.74) is 7.00. The van der Waals surface area contributed by atoms with E-state index in [0.29, 0.717) is 18.5 Å². The Labute approximate surface area is 119 Å². The van der Waals surface area contributed by atoms with Crippen molar-refractivity contribution < 1.29 is 4.92 Å². The number of nitrogens with zero attached hydrogens (tertiary/aromatic N) is 2. The summed E-state index contributed by atoms with van der Waals surface area (Å²) in [5, 5.41) is 10.9. The third-order valence-electron chi connectivity index (χ3n) is 4.28. The van der Waals surface area contributed by atoms with Gasteiger partial charge in [-0.25, -0.2) is 0 Å². The fourth-order valence-corrected chi connectivity index (χ4v) is 3.27. The molecule has 2 rings (SSSR count). The van der Waals surface area contributed by atoms with Gasteiger partial charge in [0.05, 0.1) is 4.92 Å². The van der Waals surface area contributed by atoms with Crippen molar-refractivity contribution in [3.63, 3.8) is 0 Å². The minimum atomic E-state index is -0.335. The number of nitrogens with two attached hydrogens (primary N) is 1. The molecule has 1 aliphatic carbocycles. The highest BCUT2D eigenvalue weighted by Gasteiger charge is 2.29. The highest BCUT2D eigenvalue weighted by atomic mass is 16.6. The molecule has 0 aliphatic heterocycles. The van der Waals surface area contributed by atoms with Crippen LogP contribution in [-0.2, 0) is 0 Å². The van der Waals surface area contributed by atoms with Gasteiger partial charge in [0.2, 0.25) is 0 Å². The summed E-state index contributed by atoms with van der Waals surface area (Å²) in [6.45, 7) is 3.64. The van der Waals surface area contributed by atoms with Gasteiger partial charge >= 0.3 is 0 Å². The van der Waals surface area contributed by atoms with Gasteiger partial charge < -0.3 is 10.6 Å². The van der Waals surface area contributed by atoms with Gasteiger partial charge in [-0.3, -0.25) is 10.1 Å². The van der Waals surface area contributed by atoms with Crippen molar-refractivity contribution in [1.29, 1.82) is 0 Å². The lowest BCUT2D eigenvalue weighted by Crippen LogP contribution is -2.45. The van der Waals surface area contributed by atoms with Crippen LogP contribution < -0.4 is 10.6 Å². The van der Waals surface area contributed by atoms with E-state index < -0.39 is 0 Å². The molecule has 2 N–H and O–H groups in total. The molecule has 2 atom stereocenters. The predicted octanol–water partition coefficient (Wildman–Crippen LogP) is 2.94. The lowest BCUT2D eigenvalue weighted by atomic mass is 9.83. The van der Waals surface area contributed by atoms with E-state index in [1.807, 2.05) is 6.07 Å². The molecule has 1 aromatic carbocycles. The van der Waals surface area contributed by atoms with Crippen LogP contribution in [0.1, 0.15) is 32.6 Å². The molecule has 1 fully saturated rings. The number of nitro benzene ring substituents is 1. The maximum Gasteiger partial charge on any atom is 0.271 e. The van der Waals surface area contributed by atoms with Gasteiger partial charge in [0.1, 0.15) is 0 Å². The molecule has 20 heavy (non-hydrogen) atoms. The lowest BCUT2D eigenvalue weighted by Gasteiger charge is -2.40. The van der Waals surface area contributed by atoms with E-state index in [4.69, 9.17) is 5.73 Å². The average Bonchev–Trinajstić information content (AvgIpc) is 2.49.